The number of nitrogens with zero attached hydrogens (tertiary/aromatic N) is 3. The van der Waals surface area contributed by atoms with Crippen LogP contribution in [-0.4, -0.2) is 22.0 Å². The third-order valence-electron chi connectivity index (χ3n) is 6.47. The predicted octanol–water partition coefficient (Wildman–Crippen LogP) is 6.04. The molecule has 1 aliphatic rings. The highest BCUT2D eigenvalue weighted by Gasteiger charge is 2.34. The van der Waals surface area contributed by atoms with Gasteiger partial charge in [0, 0.05) is 31.1 Å². The number of hydrogen-bond donors (Lipinski definition) is 0. The summed E-state index contributed by atoms with van der Waals surface area (Å²) in [6.45, 7) is 7.91. The fourth-order valence-electron chi connectivity index (χ4n) is 4.69. The largest absolute Gasteiger partial charge is 0.323 e. The van der Waals surface area contributed by atoms with Gasteiger partial charge in [0.1, 0.15) is 5.82 Å². The minimum Gasteiger partial charge on any atom is -0.323 e. The van der Waals surface area contributed by atoms with E-state index in [9.17, 15) is 4.79 Å². The van der Waals surface area contributed by atoms with E-state index >= 15 is 0 Å². The van der Waals surface area contributed by atoms with Crippen LogP contribution in [0.15, 0.2) is 72.8 Å². The predicted molar refractivity (Wildman–Crippen MR) is 130 cm³/mol. The Morgan fingerprint density at radius 1 is 1.00 bits per heavy atom. The molecular formula is C28H29N3O. The van der Waals surface area contributed by atoms with Gasteiger partial charge in [-0.05, 0) is 53.8 Å². The van der Waals surface area contributed by atoms with E-state index < -0.39 is 0 Å². The van der Waals surface area contributed by atoms with Crippen molar-refractivity contribution in [3.8, 4) is 0 Å². The number of imidazole rings is 1. The van der Waals surface area contributed by atoms with Crippen LogP contribution >= 0.6 is 0 Å². The summed E-state index contributed by atoms with van der Waals surface area (Å²) in [7, 11) is 0. The Morgan fingerprint density at radius 2 is 1.78 bits per heavy atom. The van der Waals surface area contributed by atoms with Crippen LogP contribution in [0.4, 0.5) is 5.69 Å². The number of anilines is 1. The molecule has 4 heteroatoms. The monoisotopic (exact) mass is 423 g/mol. The number of aryl methyl sites for hydroxylation is 1. The second-order valence-electron chi connectivity index (χ2n) is 9.19. The van der Waals surface area contributed by atoms with Gasteiger partial charge in [0.15, 0.2) is 0 Å². The quantitative estimate of drug-likeness (QED) is 0.393. The number of carbonyl (C=O) groups excluding carboxylic acids is 1. The first kappa shape index (κ1) is 20.5. The van der Waals surface area contributed by atoms with Gasteiger partial charge >= 0.3 is 0 Å². The molecule has 1 amide bonds. The summed E-state index contributed by atoms with van der Waals surface area (Å²) in [5.41, 5.74) is 6.85. The number of carbonyl (C=O) groups is 1. The van der Waals surface area contributed by atoms with Crippen molar-refractivity contribution in [1.82, 2.24) is 9.55 Å². The number of amides is 1. The molecule has 1 aliphatic heterocycles. The van der Waals surface area contributed by atoms with Crippen molar-refractivity contribution < 1.29 is 4.79 Å². The van der Waals surface area contributed by atoms with Gasteiger partial charge in [0.05, 0.1) is 11.0 Å². The van der Waals surface area contributed by atoms with E-state index in [1.165, 1.54) is 11.1 Å². The Bertz CT molecular complexity index is 1270. The lowest BCUT2D eigenvalue weighted by molar-refractivity contribution is -0.117. The number of para-hydroxylation sites is 2. The Labute approximate surface area is 189 Å². The smallest absolute Gasteiger partial charge is 0.227 e. The van der Waals surface area contributed by atoms with Crippen LogP contribution < -0.4 is 4.90 Å². The van der Waals surface area contributed by atoms with Crippen LogP contribution in [0, 0.1) is 6.92 Å². The highest BCUT2D eigenvalue weighted by atomic mass is 16.2. The minimum atomic E-state index is 0.0744. The maximum atomic E-state index is 12.9. The van der Waals surface area contributed by atoms with Crippen LogP contribution in [-0.2, 0) is 11.3 Å². The van der Waals surface area contributed by atoms with Crippen molar-refractivity contribution in [3.05, 3.63) is 95.3 Å². The summed E-state index contributed by atoms with van der Waals surface area (Å²) in [6.07, 6.45) is 0.490. The van der Waals surface area contributed by atoms with E-state index in [1.54, 1.807) is 0 Å². The number of aromatic nitrogens is 2. The van der Waals surface area contributed by atoms with Crippen LogP contribution in [0.25, 0.3) is 11.0 Å². The van der Waals surface area contributed by atoms with Gasteiger partial charge in [-0.25, -0.2) is 4.98 Å². The van der Waals surface area contributed by atoms with Gasteiger partial charge < -0.3 is 9.47 Å². The highest BCUT2D eigenvalue weighted by molar-refractivity contribution is 5.96. The zero-order valence-electron chi connectivity index (χ0n) is 19.0. The van der Waals surface area contributed by atoms with Crippen molar-refractivity contribution in [2.24, 2.45) is 0 Å². The molecule has 1 atom stereocenters. The van der Waals surface area contributed by atoms with Gasteiger partial charge in [0.2, 0.25) is 5.91 Å². The van der Waals surface area contributed by atoms with E-state index in [2.05, 4.69) is 79.9 Å². The molecule has 0 spiro atoms. The lowest BCUT2D eigenvalue weighted by atomic mass is 10.0. The number of hydrogen-bond acceptors (Lipinski definition) is 2. The Morgan fingerprint density at radius 3 is 2.53 bits per heavy atom. The molecule has 4 aromatic rings. The molecule has 0 radical (unpaired) electrons. The van der Waals surface area contributed by atoms with Gasteiger partial charge in [-0.15, -0.1) is 0 Å². The van der Waals surface area contributed by atoms with E-state index in [-0.39, 0.29) is 11.8 Å². The summed E-state index contributed by atoms with van der Waals surface area (Å²) in [5, 5.41) is 0. The molecule has 0 bridgehead atoms. The third-order valence-corrected chi connectivity index (χ3v) is 6.47. The fraction of sp³-hybridized carbons (Fsp3) is 0.286. The molecule has 162 valence electrons. The Balaban J connectivity index is 1.50. The maximum Gasteiger partial charge on any atom is 0.227 e. The van der Waals surface area contributed by atoms with Crippen LogP contribution in [0.2, 0.25) is 0 Å². The van der Waals surface area contributed by atoms with E-state index in [1.807, 2.05) is 23.1 Å². The van der Waals surface area contributed by atoms with Crippen molar-refractivity contribution in [2.75, 3.05) is 11.4 Å². The summed E-state index contributed by atoms with van der Waals surface area (Å²) < 4.78 is 2.30. The van der Waals surface area contributed by atoms with E-state index in [4.69, 9.17) is 4.98 Å². The van der Waals surface area contributed by atoms with Crippen molar-refractivity contribution in [3.63, 3.8) is 0 Å². The molecule has 1 aromatic heterocycles. The van der Waals surface area contributed by atoms with Crippen molar-refractivity contribution in [2.45, 2.75) is 45.6 Å². The fourth-order valence-corrected chi connectivity index (χ4v) is 4.69. The maximum absolute atomic E-state index is 12.9. The van der Waals surface area contributed by atoms with Crippen LogP contribution in [0.5, 0.6) is 0 Å². The molecule has 0 aliphatic carbocycles. The van der Waals surface area contributed by atoms with Crippen LogP contribution in [0.3, 0.4) is 0 Å². The first-order valence-corrected chi connectivity index (χ1v) is 11.4. The van der Waals surface area contributed by atoms with E-state index in [0.717, 1.165) is 34.7 Å². The zero-order valence-corrected chi connectivity index (χ0v) is 19.0. The molecule has 1 fully saturated rings. The summed E-state index contributed by atoms with van der Waals surface area (Å²) >= 11 is 0. The molecule has 32 heavy (non-hydrogen) atoms. The van der Waals surface area contributed by atoms with E-state index in [0.29, 0.717) is 18.9 Å². The highest BCUT2D eigenvalue weighted by Crippen LogP contribution is 2.34. The minimum absolute atomic E-state index is 0.0744. The molecule has 0 unspecified atom stereocenters. The number of benzene rings is 3. The first-order chi connectivity index (χ1) is 15.5. The summed E-state index contributed by atoms with van der Waals surface area (Å²) in [5.74, 6) is 1.76. The van der Waals surface area contributed by atoms with Gasteiger partial charge in [-0.1, -0.05) is 62.4 Å². The standard InChI is InChI=1S/C28H29N3O/c1-19(2)22-13-11-21(12-14-22)17-31-26-10-5-4-9-25(26)29-28(31)23-16-27(32)30(18-23)24-8-6-7-20(3)15-24/h4-15,19,23H,16-18H2,1-3H3/t23-/m0/s1. The Kier molecular flexibility index (Phi) is 5.30. The molecule has 4 nitrogen and oxygen atoms in total. The Hall–Kier alpha value is -3.40. The normalized spacial score (nSPS) is 16.4. The molecule has 0 saturated carbocycles. The molecule has 3 aromatic carbocycles. The first-order valence-electron chi connectivity index (χ1n) is 11.4. The summed E-state index contributed by atoms with van der Waals surface area (Å²) in [4.78, 5) is 19.9. The molecular weight excluding hydrogens is 394 g/mol. The molecule has 2 heterocycles. The molecule has 0 N–H and O–H groups in total. The number of rotatable bonds is 5. The van der Waals surface area contributed by atoms with Crippen molar-refractivity contribution >= 4 is 22.6 Å². The van der Waals surface area contributed by atoms with Crippen LogP contribution in [0.1, 0.15) is 54.6 Å². The van der Waals surface area contributed by atoms with Gasteiger partial charge in [-0.2, -0.15) is 0 Å². The topological polar surface area (TPSA) is 38.1 Å². The summed E-state index contributed by atoms with van der Waals surface area (Å²) in [6, 6.07) is 25.3. The van der Waals surface area contributed by atoms with Gasteiger partial charge in [0.25, 0.3) is 0 Å². The third kappa shape index (κ3) is 3.81. The average molecular weight is 424 g/mol. The second kappa shape index (κ2) is 8.27. The molecule has 1 saturated heterocycles. The lowest BCUT2D eigenvalue weighted by Crippen LogP contribution is -2.24. The zero-order chi connectivity index (χ0) is 22.2. The average Bonchev–Trinajstić information content (AvgIpc) is 3.35. The number of fused-ring (bicyclic) bond motifs is 1. The lowest BCUT2D eigenvalue weighted by Gasteiger charge is -2.18. The molecule has 5 rings (SSSR count). The SMILES string of the molecule is Cc1cccc(N2C[C@@H](c3nc4ccccc4n3Cc3ccc(C(C)C)cc3)CC2=O)c1. The van der Waals surface area contributed by atoms with Gasteiger partial charge in [-0.3, -0.25) is 4.79 Å². The van der Waals surface area contributed by atoms with Crippen molar-refractivity contribution in [1.29, 1.82) is 0 Å². The second-order valence-corrected chi connectivity index (χ2v) is 9.19.